The van der Waals surface area contributed by atoms with Crippen molar-refractivity contribution in [1.82, 2.24) is 14.9 Å². The Labute approximate surface area is 77.1 Å². The highest BCUT2D eigenvalue weighted by Gasteiger charge is 2.26. The Kier molecular flexibility index (Phi) is 2.42. The first-order valence-electron chi connectivity index (χ1n) is 4.24. The topological polar surface area (TPSA) is 109 Å². The number of hydrogen-bond donors (Lipinski definition) is 3. The van der Waals surface area contributed by atoms with E-state index < -0.39 is 5.54 Å². The summed E-state index contributed by atoms with van der Waals surface area (Å²) in [5.41, 5.74) is 10.9. The summed E-state index contributed by atoms with van der Waals surface area (Å²) in [5, 5.41) is 7.49. The van der Waals surface area contributed by atoms with Gasteiger partial charge in [0, 0.05) is 0 Å². The number of aromatic nitrogens is 3. The molecule has 0 aliphatic carbocycles. The van der Waals surface area contributed by atoms with Crippen LogP contribution in [0, 0.1) is 0 Å². The van der Waals surface area contributed by atoms with E-state index in [0.29, 0.717) is 5.82 Å². The number of nitrogen functional groups attached to an aromatic ring is 2. The van der Waals surface area contributed by atoms with Crippen molar-refractivity contribution in [2.45, 2.75) is 32.2 Å². The van der Waals surface area contributed by atoms with Crippen LogP contribution < -0.4 is 17.3 Å². The fraction of sp³-hybridized carbons (Fsp3) is 0.714. The fourth-order valence-corrected chi connectivity index (χ4v) is 1.32. The Morgan fingerprint density at radius 3 is 2.46 bits per heavy atom. The van der Waals surface area contributed by atoms with Gasteiger partial charge in [0.15, 0.2) is 5.82 Å². The van der Waals surface area contributed by atoms with Crippen LogP contribution in [0.4, 0.5) is 5.95 Å². The maximum Gasteiger partial charge on any atom is 0.240 e. The lowest BCUT2D eigenvalue weighted by Crippen LogP contribution is -2.38. The number of nitrogens with zero attached hydrogens (tertiary/aromatic N) is 3. The molecule has 6 heteroatoms. The second-order valence-corrected chi connectivity index (χ2v) is 3.42. The predicted octanol–water partition coefficient (Wildman–Crippen LogP) is -0.452. The molecular formula is C7H16N6. The first-order chi connectivity index (χ1) is 5.99. The Morgan fingerprint density at radius 2 is 2.08 bits per heavy atom. The first kappa shape index (κ1) is 9.79. The third-order valence-corrected chi connectivity index (χ3v) is 2.00. The number of nitrogens with two attached hydrogens (primary N) is 3. The van der Waals surface area contributed by atoms with E-state index in [1.54, 1.807) is 0 Å². The summed E-state index contributed by atoms with van der Waals surface area (Å²) in [6, 6.07) is 0. The molecule has 0 fully saturated rings. The first-order valence-corrected chi connectivity index (χ1v) is 4.24. The van der Waals surface area contributed by atoms with Crippen molar-refractivity contribution in [3.8, 4) is 0 Å². The molecule has 6 nitrogen and oxygen atoms in total. The molecule has 0 saturated heterocycles. The molecule has 0 saturated carbocycles. The molecule has 74 valence electrons. The van der Waals surface area contributed by atoms with Gasteiger partial charge in [-0.25, -0.2) is 4.68 Å². The summed E-state index contributed by atoms with van der Waals surface area (Å²) in [6.45, 7) is 3.91. The van der Waals surface area contributed by atoms with Gasteiger partial charge in [0.05, 0.1) is 5.54 Å². The van der Waals surface area contributed by atoms with E-state index in [-0.39, 0.29) is 5.95 Å². The highest BCUT2D eigenvalue weighted by Crippen LogP contribution is 2.20. The highest BCUT2D eigenvalue weighted by atomic mass is 15.5. The minimum absolute atomic E-state index is 0.183. The molecule has 0 spiro atoms. The molecule has 0 amide bonds. The molecule has 0 aliphatic heterocycles. The normalized spacial score (nSPS) is 15.6. The van der Waals surface area contributed by atoms with Gasteiger partial charge in [-0.15, -0.1) is 10.2 Å². The zero-order valence-corrected chi connectivity index (χ0v) is 7.99. The van der Waals surface area contributed by atoms with Crippen molar-refractivity contribution in [3.63, 3.8) is 0 Å². The summed E-state index contributed by atoms with van der Waals surface area (Å²) < 4.78 is 1.23. The molecule has 0 radical (unpaired) electrons. The Morgan fingerprint density at radius 1 is 1.46 bits per heavy atom. The van der Waals surface area contributed by atoms with Crippen molar-refractivity contribution >= 4 is 5.95 Å². The molecule has 1 unspecified atom stereocenters. The summed E-state index contributed by atoms with van der Waals surface area (Å²) >= 11 is 0. The van der Waals surface area contributed by atoms with Crippen LogP contribution >= 0.6 is 0 Å². The molecule has 1 aromatic rings. The summed E-state index contributed by atoms with van der Waals surface area (Å²) in [4.78, 5) is 0. The van der Waals surface area contributed by atoms with Crippen molar-refractivity contribution in [3.05, 3.63) is 5.82 Å². The van der Waals surface area contributed by atoms with Gasteiger partial charge in [-0.1, -0.05) is 13.3 Å². The smallest absolute Gasteiger partial charge is 0.240 e. The molecule has 0 aliphatic rings. The molecular weight excluding hydrogens is 168 g/mol. The molecule has 13 heavy (non-hydrogen) atoms. The lowest BCUT2D eigenvalue weighted by atomic mass is 9.97. The van der Waals surface area contributed by atoms with E-state index in [1.165, 1.54) is 4.68 Å². The maximum absolute atomic E-state index is 6.00. The fourth-order valence-electron chi connectivity index (χ4n) is 1.32. The van der Waals surface area contributed by atoms with Crippen molar-refractivity contribution in [2.75, 3.05) is 11.6 Å². The van der Waals surface area contributed by atoms with Crippen LogP contribution in [0.1, 0.15) is 32.5 Å². The lowest BCUT2D eigenvalue weighted by molar-refractivity contribution is 0.410. The molecule has 1 rings (SSSR count). The second kappa shape index (κ2) is 3.21. The molecule has 0 aromatic carbocycles. The Balaban J connectivity index is 2.99. The zero-order chi connectivity index (χ0) is 10.1. The standard InChI is InChI=1S/C7H16N6/c1-3-4-7(2,9)5-11-12-6(8)13(5)10/h3-4,9-10H2,1-2H3,(H2,8,12). The van der Waals surface area contributed by atoms with Gasteiger partial charge >= 0.3 is 0 Å². The molecule has 0 bridgehead atoms. The number of rotatable bonds is 3. The van der Waals surface area contributed by atoms with Gasteiger partial charge in [-0.2, -0.15) is 0 Å². The van der Waals surface area contributed by atoms with Gasteiger partial charge < -0.3 is 17.3 Å². The van der Waals surface area contributed by atoms with Crippen LogP contribution in [0.15, 0.2) is 0 Å². The Bertz CT molecular complexity index is 289. The minimum Gasteiger partial charge on any atom is -0.366 e. The number of hydrogen-bond acceptors (Lipinski definition) is 5. The van der Waals surface area contributed by atoms with Gasteiger partial charge in [0.2, 0.25) is 5.95 Å². The van der Waals surface area contributed by atoms with Crippen molar-refractivity contribution in [2.24, 2.45) is 5.73 Å². The van der Waals surface area contributed by atoms with Crippen molar-refractivity contribution in [1.29, 1.82) is 0 Å². The van der Waals surface area contributed by atoms with E-state index in [2.05, 4.69) is 10.2 Å². The molecule has 1 atom stereocenters. The van der Waals surface area contributed by atoms with Crippen LogP contribution in [0.2, 0.25) is 0 Å². The van der Waals surface area contributed by atoms with E-state index in [9.17, 15) is 0 Å². The van der Waals surface area contributed by atoms with Gasteiger partial charge in [-0.3, -0.25) is 0 Å². The van der Waals surface area contributed by atoms with Gasteiger partial charge in [-0.05, 0) is 13.3 Å². The predicted molar refractivity (Wildman–Crippen MR) is 51.0 cm³/mol. The van der Waals surface area contributed by atoms with Crippen LogP contribution in [-0.4, -0.2) is 14.9 Å². The summed E-state index contributed by atoms with van der Waals surface area (Å²) in [5.74, 6) is 6.31. The van der Waals surface area contributed by atoms with Crippen LogP contribution in [0.25, 0.3) is 0 Å². The van der Waals surface area contributed by atoms with Crippen LogP contribution in [0.5, 0.6) is 0 Å². The summed E-state index contributed by atoms with van der Waals surface area (Å²) in [7, 11) is 0. The second-order valence-electron chi connectivity index (χ2n) is 3.42. The molecule has 1 aromatic heterocycles. The minimum atomic E-state index is -0.561. The lowest BCUT2D eigenvalue weighted by Gasteiger charge is -2.21. The van der Waals surface area contributed by atoms with E-state index >= 15 is 0 Å². The monoisotopic (exact) mass is 184 g/mol. The maximum atomic E-state index is 6.00. The van der Waals surface area contributed by atoms with Crippen molar-refractivity contribution < 1.29 is 0 Å². The average Bonchev–Trinajstić information content (AvgIpc) is 2.33. The van der Waals surface area contributed by atoms with Crippen LogP contribution in [-0.2, 0) is 5.54 Å². The van der Waals surface area contributed by atoms with E-state index in [0.717, 1.165) is 12.8 Å². The van der Waals surface area contributed by atoms with Gasteiger partial charge in [0.1, 0.15) is 0 Å². The SMILES string of the molecule is CCCC(C)(N)c1nnc(N)n1N. The highest BCUT2D eigenvalue weighted by molar-refractivity contribution is 5.20. The quantitative estimate of drug-likeness (QED) is 0.551. The third-order valence-electron chi connectivity index (χ3n) is 2.00. The van der Waals surface area contributed by atoms with Crippen LogP contribution in [0.3, 0.4) is 0 Å². The van der Waals surface area contributed by atoms with E-state index in [4.69, 9.17) is 17.3 Å². The average molecular weight is 184 g/mol. The summed E-state index contributed by atoms with van der Waals surface area (Å²) in [6.07, 6.45) is 1.75. The van der Waals surface area contributed by atoms with Gasteiger partial charge in [0.25, 0.3) is 0 Å². The molecule has 1 heterocycles. The molecule has 6 N–H and O–H groups in total. The zero-order valence-electron chi connectivity index (χ0n) is 7.99. The third kappa shape index (κ3) is 1.72. The largest absolute Gasteiger partial charge is 0.366 e. The number of anilines is 1. The Hall–Kier alpha value is -1.30. The van der Waals surface area contributed by atoms with E-state index in [1.807, 2.05) is 13.8 Å².